The second-order valence-corrected chi connectivity index (χ2v) is 6.56. The molecular formula is C17H17NO5S. The highest BCUT2D eigenvalue weighted by molar-refractivity contribution is 7.12. The second-order valence-electron chi connectivity index (χ2n) is 5.61. The van der Waals surface area contributed by atoms with Gasteiger partial charge in [0.2, 0.25) is 6.79 Å². The van der Waals surface area contributed by atoms with Crippen LogP contribution in [0.15, 0.2) is 35.7 Å². The number of carbonyl (C=O) groups is 2. The van der Waals surface area contributed by atoms with Crippen molar-refractivity contribution in [3.05, 3.63) is 40.6 Å². The molecule has 0 saturated carbocycles. The van der Waals surface area contributed by atoms with E-state index in [1.54, 1.807) is 30.3 Å². The molecule has 126 valence electrons. The molecule has 7 heteroatoms. The highest BCUT2D eigenvalue weighted by atomic mass is 32.1. The van der Waals surface area contributed by atoms with E-state index < -0.39 is 12.0 Å². The van der Waals surface area contributed by atoms with Crippen LogP contribution < -0.4 is 19.5 Å². The fourth-order valence-corrected chi connectivity index (χ4v) is 2.86. The summed E-state index contributed by atoms with van der Waals surface area (Å²) in [6.07, 6.45) is 0. The summed E-state index contributed by atoms with van der Waals surface area (Å²) >= 11 is 1.32. The zero-order chi connectivity index (χ0) is 17.1. The Bertz CT molecular complexity index is 741. The number of hydrogen-bond donors (Lipinski definition) is 1. The third kappa shape index (κ3) is 3.51. The van der Waals surface area contributed by atoms with E-state index in [1.807, 2.05) is 19.2 Å². The Morgan fingerprint density at radius 2 is 2.00 bits per heavy atom. The average molecular weight is 347 g/mol. The van der Waals surface area contributed by atoms with Crippen molar-refractivity contribution in [3.8, 4) is 17.2 Å². The molecule has 1 aromatic carbocycles. The Kier molecular flexibility index (Phi) is 4.71. The van der Waals surface area contributed by atoms with E-state index >= 15 is 0 Å². The third-order valence-corrected chi connectivity index (χ3v) is 4.38. The van der Waals surface area contributed by atoms with Crippen LogP contribution in [0.3, 0.4) is 0 Å². The van der Waals surface area contributed by atoms with Gasteiger partial charge >= 0.3 is 5.97 Å². The van der Waals surface area contributed by atoms with E-state index in [1.165, 1.54) is 11.3 Å². The van der Waals surface area contributed by atoms with Gasteiger partial charge in [-0.3, -0.25) is 4.79 Å². The fourth-order valence-electron chi connectivity index (χ4n) is 2.24. The first-order valence-electron chi connectivity index (χ1n) is 7.50. The van der Waals surface area contributed by atoms with Gasteiger partial charge in [0.1, 0.15) is 11.8 Å². The molecule has 2 heterocycles. The van der Waals surface area contributed by atoms with Crippen molar-refractivity contribution >= 4 is 23.2 Å². The van der Waals surface area contributed by atoms with Crippen molar-refractivity contribution < 1.29 is 23.8 Å². The Labute approximate surface area is 143 Å². The Morgan fingerprint density at radius 1 is 1.21 bits per heavy atom. The van der Waals surface area contributed by atoms with E-state index in [9.17, 15) is 9.59 Å². The van der Waals surface area contributed by atoms with Crippen molar-refractivity contribution in [3.63, 3.8) is 0 Å². The fraction of sp³-hybridized carbons (Fsp3) is 0.294. The maximum absolute atomic E-state index is 12.5. The molecule has 1 N–H and O–H groups in total. The van der Waals surface area contributed by atoms with Crippen molar-refractivity contribution in [1.29, 1.82) is 0 Å². The van der Waals surface area contributed by atoms with Crippen LogP contribution in [-0.4, -0.2) is 24.7 Å². The number of fused-ring (bicyclic) bond motifs is 1. The van der Waals surface area contributed by atoms with Crippen molar-refractivity contribution in [2.24, 2.45) is 5.92 Å². The maximum Gasteiger partial charge on any atom is 0.334 e. The van der Waals surface area contributed by atoms with Gasteiger partial charge in [0.25, 0.3) is 5.91 Å². The van der Waals surface area contributed by atoms with Crippen LogP contribution in [0.1, 0.15) is 23.5 Å². The van der Waals surface area contributed by atoms with E-state index in [4.69, 9.17) is 14.2 Å². The van der Waals surface area contributed by atoms with Gasteiger partial charge < -0.3 is 19.5 Å². The van der Waals surface area contributed by atoms with Crippen LogP contribution >= 0.6 is 11.3 Å². The predicted molar refractivity (Wildman–Crippen MR) is 88.6 cm³/mol. The van der Waals surface area contributed by atoms with Gasteiger partial charge in [-0.05, 0) is 29.5 Å². The van der Waals surface area contributed by atoms with Crippen LogP contribution in [0.25, 0.3) is 0 Å². The molecule has 6 nitrogen and oxygen atoms in total. The molecule has 1 atom stereocenters. The lowest BCUT2D eigenvalue weighted by molar-refractivity contribution is -0.137. The molecule has 1 aliphatic heterocycles. The zero-order valence-corrected chi connectivity index (χ0v) is 14.1. The zero-order valence-electron chi connectivity index (χ0n) is 13.3. The van der Waals surface area contributed by atoms with Crippen molar-refractivity contribution in [2.45, 2.75) is 19.9 Å². The molecule has 0 radical (unpaired) electrons. The summed E-state index contributed by atoms with van der Waals surface area (Å²) in [4.78, 5) is 25.2. The van der Waals surface area contributed by atoms with Crippen LogP contribution in [0.4, 0.5) is 0 Å². The minimum atomic E-state index is -0.745. The molecule has 0 unspecified atom stereocenters. The number of carbonyl (C=O) groups excluding carboxylic acids is 2. The largest absolute Gasteiger partial charge is 0.454 e. The van der Waals surface area contributed by atoms with Crippen LogP contribution in [0.2, 0.25) is 0 Å². The number of thiophene rings is 1. The van der Waals surface area contributed by atoms with Gasteiger partial charge in [-0.1, -0.05) is 19.9 Å². The normalized spacial score (nSPS) is 13.6. The molecule has 1 amide bonds. The monoisotopic (exact) mass is 347 g/mol. The summed E-state index contributed by atoms with van der Waals surface area (Å²) in [5.41, 5.74) is 0. The molecule has 0 aliphatic carbocycles. The smallest absolute Gasteiger partial charge is 0.334 e. The summed E-state index contributed by atoms with van der Waals surface area (Å²) in [6, 6.07) is 7.66. The third-order valence-electron chi connectivity index (χ3n) is 3.51. The molecule has 1 aliphatic rings. The van der Waals surface area contributed by atoms with Crippen LogP contribution in [0.5, 0.6) is 17.2 Å². The lowest BCUT2D eigenvalue weighted by Crippen LogP contribution is -2.46. The molecule has 0 fully saturated rings. The molecule has 0 bridgehead atoms. The number of esters is 1. The number of benzene rings is 1. The van der Waals surface area contributed by atoms with Crippen LogP contribution in [0, 0.1) is 5.92 Å². The van der Waals surface area contributed by atoms with Gasteiger partial charge in [-0.15, -0.1) is 11.3 Å². The van der Waals surface area contributed by atoms with E-state index in [2.05, 4.69) is 5.32 Å². The Morgan fingerprint density at radius 3 is 2.71 bits per heavy atom. The van der Waals surface area contributed by atoms with Crippen molar-refractivity contribution in [2.75, 3.05) is 6.79 Å². The van der Waals surface area contributed by atoms with E-state index in [0.29, 0.717) is 22.1 Å². The molecular weight excluding hydrogens is 330 g/mol. The molecule has 3 rings (SSSR count). The van der Waals surface area contributed by atoms with E-state index in [-0.39, 0.29) is 18.6 Å². The van der Waals surface area contributed by atoms with Gasteiger partial charge in [0.05, 0.1) is 4.88 Å². The minimum Gasteiger partial charge on any atom is -0.454 e. The summed E-state index contributed by atoms with van der Waals surface area (Å²) in [6.45, 7) is 3.85. The van der Waals surface area contributed by atoms with Crippen LogP contribution in [-0.2, 0) is 4.79 Å². The summed E-state index contributed by atoms with van der Waals surface area (Å²) in [7, 11) is 0. The highest BCUT2D eigenvalue weighted by Gasteiger charge is 2.27. The summed E-state index contributed by atoms with van der Waals surface area (Å²) in [5, 5.41) is 4.54. The molecule has 0 saturated heterocycles. The number of nitrogens with one attached hydrogen (secondary N) is 1. The number of hydrogen-bond acceptors (Lipinski definition) is 6. The molecule has 2 aromatic rings. The molecule has 0 spiro atoms. The highest BCUT2D eigenvalue weighted by Crippen LogP contribution is 2.35. The summed E-state index contributed by atoms with van der Waals surface area (Å²) in [5.74, 6) is 0.570. The topological polar surface area (TPSA) is 73.9 Å². The Hall–Kier alpha value is -2.54. The number of rotatable bonds is 5. The van der Waals surface area contributed by atoms with Gasteiger partial charge in [-0.2, -0.15) is 0 Å². The first-order valence-corrected chi connectivity index (χ1v) is 8.38. The first kappa shape index (κ1) is 16.3. The van der Waals surface area contributed by atoms with Gasteiger partial charge in [0, 0.05) is 6.07 Å². The summed E-state index contributed by atoms with van der Waals surface area (Å²) < 4.78 is 15.9. The SMILES string of the molecule is CC(C)[C@@H](NC(=O)c1cccs1)C(=O)Oc1ccc2c(c1)OCO2. The average Bonchev–Trinajstić information content (AvgIpc) is 3.22. The minimum absolute atomic E-state index is 0.115. The second kappa shape index (κ2) is 6.92. The lowest BCUT2D eigenvalue weighted by atomic mass is 10.0. The van der Waals surface area contributed by atoms with Crippen molar-refractivity contribution in [1.82, 2.24) is 5.32 Å². The van der Waals surface area contributed by atoms with Gasteiger partial charge in [-0.25, -0.2) is 4.79 Å². The van der Waals surface area contributed by atoms with Gasteiger partial charge in [0.15, 0.2) is 11.5 Å². The quantitative estimate of drug-likeness (QED) is 0.665. The lowest BCUT2D eigenvalue weighted by Gasteiger charge is -2.20. The Balaban J connectivity index is 1.69. The standard InChI is InChI=1S/C17H17NO5S/c1-10(2)15(18-16(19)14-4-3-7-24-14)17(20)23-11-5-6-12-13(8-11)22-9-21-12/h3-8,10,15H,9H2,1-2H3,(H,18,19)/t15-/m1/s1. The predicted octanol–water partition coefficient (Wildman–Crippen LogP) is 2.84. The first-order chi connectivity index (χ1) is 11.5. The number of amides is 1. The molecule has 1 aromatic heterocycles. The number of ether oxygens (including phenoxy) is 3. The van der Waals surface area contributed by atoms with E-state index in [0.717, 1.165) is 0 Å². The maximum atomic E-state index is 12.5. The molecule has 24 heavy (non-hydrogen) atoms.